The van der Waals surface area contributed by atoms with E-state index >= 15 is 0 Å². The smallest absolute Gasteiger partial charge is 0.310 e. The second-order valence-electron chi connectivity index (χ2n) is 6.30. The molecule has 1 heterocycles. The number of carbonyl (C=O) groups excluding carboxylic acids is 1. The van der Waals surface area contributed by atoms with Gasteiger partial charge in [0.1, 0.15) is 5.82 Å². The highest BCUT2D eigenvalue weighted by Gasteiger charge is 2.28. The number of halogens is 1. The minimum Gasteiger partial charge on any atom is -0.466 e. The molecule has 0 saturated carbocycles. The molecule has 6 nitrogen and oxygen atoms in total. The first-order valence-electron chi connectivity index (χ1n) is 8.97. The molecule has 0 radical (unpaired) electrons. The van der Waals surface area contributed by atoms with E-state index in [9.17, 15) is 9.18 Å². The van der Waals surface area contributed by atoms with Crippen LogP contribution in [0.25, 0.3) is 0 Å². The van der Waals surface area contributed by atoms with Crippen molar-refractivity contribution in [3.05, 3.63) is 35.1 Å². The van der Waals surface area contributed by atoms with Crippen LogP contribution >= 0.6 is 0 Å². The largest absolute Gasteiger partial charge is 0.466 e. The number of hydrogen-bond donors (Lipinski definition) is 1. The highest BCUT2D eigenvalue weighted by Crippen LogP contribution is 2.18. The number of nitrogens with zero attached hydrogens (tertiary/aromatic N) is 2. The molecule has 1 aromatic rings. The van der Waals surface area contributed by atoms with Crippen molar-refractivity contribution in [2.75, 3.05) is 33.9 Å². The van der Waals surface area contributed by atoms with Crippen LogP contribution in [0.4, 0.5) is 4.39 Å². The zero-order valence-electron chi connectivity index (χ0n) is 15.8. The number of aliphatic imine (C=N–C) groups is 1. The minimum absolute atomic E-state index is 0.124. The fraction of sp³-hybridized carbons (Fsp3) is 0.579. The van der Waals surface area contributed by atoms with Crippen LogP contribution in [0.15, 0.2) is 23.2 Å². The Hall–Kier alpha value is -2.15. The Kier molecular flexibility index (Phi) is 7.84. The Balaban J connectivity index is 1.97. The van der Waals surface area contributed by atoms with Crippen LogP contribution in [-0.4, -0.2) is 50.7 Å². The first-order valence-corrected chi connectivity index (χ1v) is 8.97. The molecule has 1 saturated heterocycles. The van der Waals surface area contributed by atoms with E-state index in [0.717, 1.165) is 30.9 Å². The molecule has 1 N–H and O–H groups in total. The van der Waals surface area contributed by atoms with Crippen LogP contribution in [0.2, 0.25) is 0 Å². The predicted molar refractivity (Wildman–Crippen MR) is 98.2 cm³/mol. The predicted octanol–water partition coefficient (Wildman–Crippen LogP) is 2.32. The quantitative estimate of drug-likeness (QED) is 0.476. The maximum atomic E-state index is 13.7. The number of esters is 1. The Morgan fingerprint density at radius 2 is 2.27 bits per heavy atom. The molecular formula is C19H28FN3O3. The van der Waals surface area contributed by atoms with Gasteiger partial charge in [-0.15, -0.1) is 0 Å². The molecule has 0 aliphatic carbocycles. The molecule has 2 rings (SSSR count). The molecule has 0 amide bonds. The third kappa shape index (κ3) is 5.42. The summed E-state index contributed by atoms with van der Waals surface area (Å²) in [5.74, 6) is 0.196. The van der Waals surface area contributed by atoms with Gasteiger partial charge in [-0.1, -0.05) is 6.07 Å². The van der Waals surface area contributed by atoms with Crippen molar-refractivity contribution >= 4 is 11.9 Å². The lowest BCUT2D eigenvalue weighted by atomic mass is 9.98. The first kappa shape index (κ1) is 20.2. The number of hydrogen-bond acceptors (Lipinski definition) is 4. The second kappa shape index (κ2) is 10.1. The van der Waals surface area contributed by atoms with Crippen LogP contribution in [0.5, 0.6) is 0 Å². The zero-order chi connectivity index (χ0) is 18.9. The minimum atomic E-state index is -0.270. The van der Waals surface area contributed by atoms with Crippen molar-refractivity contribution in [2.24, 2.45) is 10.9 Å². The molecule has 144 valence electrons. The summed E-state index contributed by atoms with van der Waals surface area (Å²) in [6, 6.07) is 4.98. The van der Waals surface area contributed by atoms with Crippen molar-refractivity contribution in [3.8, 4) is 0 Å². The molecule has 0 aromatic heterocycles. The van der Waals surface area contributed by atoms with Gasteiger partial charge in [0.25, 0.3) is 0 Å². The third-order valence-corrected chi connectivity index (χ3v) is 4.41. The van der Waals surface area contributed by atoms with Gasteiger partial charge in [0, 0.05) is 39.4 Å². The lowest BCUT2D eigenvalue weighted by Gasteiger charge is -2.34. The normalized spacial score (nSPS) is 17.9. The SMILES string of the molecule is CCOC(=O)C1CCCN(C(=NC)NCc2ccc(F)c(COC)c2)C1. The molecule has 1 aromatic carbocycles. The number of guanidine groups is 1. The standard InChI is InChI=1S/C19H28FN3O3/c1-4-26-18(24)15-6-5-9-23(12-15)19(21-2)22-11-14-7-8-17(20)16(10-14)13-25-3/h7-8,10,15H,4-6,9,11-13H2,1-3H3,(H,21,22). The van der Waals surface area contributed by atoms with Gasteiger partial charge in [-0.05, 0) is 37.5 Å². The number of benzene rings is 1. The zero-order valence-corrected chi connectivity index (χ0v) is 15.8. The van der Waals surface area contributed by atoms with Gasteiger partial charge in [0.05, 0.1) is 19.1 Å². The van der Waals surface area contributed by atoms with E-state index in [2.05, 4.69) is 15.2 Å². The molecule has 1 fully saturated rings. The maximum Gasteiger partial charge on any atom is 0.310 e. The molecule has 0 spiro atoms. The van der Waals surface area contributed by atoms with Gasteiger partial charge in [-0.25, -0.2) is 4.39 Å². The van der Waals surface area contributed by atoms with Crippen molar-refractivity contribution in [1.82, 2.24) is 10.2 Å². The molecular weight excluding hydrogens is 337 g/mol. The molecule has 1 aliphatic rings. The summed E-state index contributed by atoms with van der Waals surface area (Å²) in [6.45, 7) is 4.41. The average molecular weight is 365 g/mol. The molecule has 1 atom stereocenters. The van der Waals surface area contributed by atoms with Crippen molar-refractivity contribution in [1.29, 1.82) is 0 Å². The van der Waals surface area contributed by atoms with Crippen LogP contribution in [-0.2, 0) is 27.4 Å². The summed E-state index contributed by atoms with van der Waals surface area (Å²) in [4.78, 5) is 18.4. The van der Waals surface area contributed by atoms with E-state index in [1.807, 2.05) is 6.92 Å². The average Bonchev–Trinajstić information content (AvgIpc) is 2.65. The number of ether oxygens (including phenoxy) is 2. The van der Waals surface area contributed by atoms with E-state index in [1.165, 1.54) is 6.07 Å². The monoisotopic (exact) mass is 365 g/mol. The highest BCUT2D eigenvalue weighted by molar-refractivity contribution is 5.81. The lowest BCUT2D eigenvalue weighted by Crippen LogP contribution is -2.48. The number of rotatable bonds is 6. The number of likely N-dealkylation sites (tertiary alicyclic amines) is 1. The van der Waals surface area contributed by atoms with E-state index in [4.69, 9.17) is 9.47 Å². The number of piperidine rings is 1. The van der Waals surface area contributed by atoms with E-state index in [-0.39, 0.29) is 24.3 Å². The summed E-state index contributed by atoms with van der Waals surface area (Å²) in [5.41, 5.74) is 1.47. The fourth-order valence-corrected chi connectivity index (χ4v) is 3.14. The first-order chi connectivity index (χ1) is 12.6. The Labute approximate surface area is 154 Å². The van der Waals surface area contributed by atoms with Gasteiger partial charge in [-0.3, -0.25) is 9.79 Å². The van der Waals surface area contributed by atoms with Gasteiger partial charge in [-0.2, -0.15) is 0 Å². The topological polar surface area (TPSA) is 63.2 Å². The Bertz CT molecular complexity index is 636. The van der Waals surface area contributed by atoms with Gasteiger partial charge in [0.15, 0.2) is 5.96 Å². The van der Waals surface area contributed by atoms with Crippen LogP contribution in [0.1, 0.15) is 30.9 Å². The second-order valence-corrected chi connectivity index (χ2v) is 6.30. The number of nitrogens with one attached hydrogen (secondary N) is 1. The fourth-order valence-electron chi connectivity index (χ4n) is 3.14. The van der Waals surface area contributed by atoms with Crippen molar-refractivity contribution in [2.45, 2.75) is 32.9 Å². The van der Waals surface area contributed by atoms with E-state index in [1.54, 1.807) is 26.3 Å². The highest BCUT2D eigenvalue weighted by atomic mass is 19.1. The molecule has 1 aliphatic heterocycles. The van der Waals surface area contributed by atoms with Crippen LogP contribution in [0.3, 0.4) is 0 Å². The summed E-state index contributed by atoms with van der Waals surface area (Å²) in [5, 5.41) is 3.30. The summed E-state index contributed by atoms with van der Waals surface area (Å²) < 4.78 is 23.9. The molecule has 1 unspecified atom stereocenters. The molecule has 0 bridgehead atoms. The van der Waals surface area contributed by atoms with E-state index < -0.39 is 0 Å². The number of methoxy groups -OCH3 is 1. The Morgan fingerprint density at radius 1 is 1.46 bits per heavy atom. The van der Waals surface area contributed by atoms with Gasteiger partial charge >= 0.3 is 5.97 Å². The summed E-state index contributed by atoms with van der Waals surface area (Å²) in [7, 11) is 3.26. The third-order valence-electron chi connectivity index (χ3n) is 4.41. The summed E-state index contributed by atoms with van der Waals surface area (Å²) >= 11 is 0. The van der Waals surface area contributed by atoms with Crippen LogP contribution in [0, 0.1) is 11.7 Å². The van der Waals surface area contributed by atoms with Gasteiger partial charge in [0.2, 0.25) is 0 Å². The van der Waals surface area contributed by atoms with Crippen molar-refractivity contribution < 1.29 is 18.7 Å². The molecule has 26 heavy (non-hydrogen) atoms. The van der Waals surface area contributed by atoms with Crippen LogP contribution < -0.4 is 5.32 Å². The Morgan fingerprint density at radius 3 is 2.96 bits per heavy atom. The van der Waals surface area contributed by atoms with E-state index in [0.29, 0.717) is 25.3 Å². The summed E-state index contributed by atoms with van der Waals surface area (Å²) in [6.07, 6.45) is 1.75. The molecule has 7 heteroatoms. The lowest BCUT2D eigenvalue weighted by molar-refractivity contribution is -0.149. The van der Waals surface area contributed by atoms with Gasteiger partial charge < -0.3 is 19.7 Å². The van der Waals surface area contributed by atoms with Crippen molar-refractivity contribution in [3.63, 3.8) is 0 Å². The number of carbonyl (C=O) groups is 1. The maximum absolute atomic E-state index is 13.7.